The number of fused-ring (bicyclic) bond motifs is 1. The van der Waals surface area contributed by atoms with Crippen molar-refractivity contribution in [2.45, 2.75) is 17.3 Å². The molecule has 3 aliphatic heterocycles. The van der Waals surface area contributed by atoms with Gasteiger partial charge in [-0.1, -0.05) is 0 Å². The number of hydrogen-bond acceptors (Lipinski definition) is 5. The van der Waals surface area contributed by atoms with Crippen molar-refractivity contribution in [2.24, 2.45) is 0 Å². The number of methoxy groups -OCH3 is 1. The number of benzene rings is 1. The Morgan fingerprint density at radius 3 is 2.95 bits per heavy atom. The molecule has 1 amide bonds. The minimum atomic E-state index is 0.0698. The van der Waals surface area contributed by atoms with Crippen LogP contribution in [-0.2, 0) is 4.74 Å². The molecular formula is C15H17NO4S. The Morgan fingerprint density at radius 2 is 2.19 bits per heavy atom. The summed E-state index contributed by atoms with van der Waals surface area (Å²) in [6.07, 6.45) is 1.37. The first-order valence-electron chi connectivity index (χ1n) is 7.05. The average Bonchev–Trinajstić information content (AvgIpc) is 3.10. The number of nitrogens with zero attached hydrogens (tertiary/aromatic N) is 1. The van der Waals surface area contributed by atoms with Crippen LogP contribution < -0.4 is 9.47 Å². The molecule has 0 saturated carbocycles. The summed E-state index contributed by atoms with van der Waals surface area (Å²) < 4.78 is 16.2. The molecule has 6 heteroatoms. The summed E-state index contributed by atoms with van der Waals surface area (Å²) in [6, 6.07) is 5.38. The van der Waals surface area contributed by atoms with E-state index in [9.17, 15) is 4.79 Å². The second-order valence-electron chi connectivity index (χ2n) is 5.79. The number of likely N-dealkylation sites (tertiary alicyclic amines) is 1. The Morgan fingerprint density at radius 1 is 1.38 bits per heavy atom. The monoisotopic (exact) mass is 307 g/mol. The van der Waals surface area contributed by atoms with Crippen LogP contribution in [0.4, 0.5) is 0 Å². The maximum Gasteiger partial charge on any atom is 0.254 e. The lowest BCUT2D eigenvalue weighted by Gasteiger charge is -2.47. The molecule has 3 heterocycles. The van der Waals surface area contributed by atoms with Gasteiger partial charge in [-0.2, -0.15) is 0 Å². The molecule has 0 aromatic heterocycles. The Kier molecular flexibility index (Phi) is 3.04. The number of amides is 1. The van der Waals surface area contributed by atoms with Crippen LogP contribution in [0.15, 0.2) is 18.2 Å². The second kappa shape index (κ2) is 4.81. The van der Waals surface area contributed by atoms with E-state index in [-0.39, 0.29) is 17.4 Å². The van der Waals surface area contributed by atoms with E-state index < -0.39 is 0 Å². The maximum absolute atomic E-state index is 12.5. The Balaban J connectivity index is 1.43. The molecule has 112 valence electrons. The molecule has 2 saturated heterocycles. The van der Waals surface area contributed by atoms with Crippen molar-refractivity contribution in [2.75, 3.05) is 32.7 Å². The van der Waals surface area contributed by atoms with Gasteiger partial charge in [-0.15, -0.1) is 11.8 Å². The second-order valence-corrected chi connectivity index (χ2v) is 7.27. The van der Waals surface area contributed by atoms with Crippen LogP contribution in [-0.4, -0.2) is 54.4 Å². The lowest BCUT2D eigenvalue weighted by Crippen LogP contribution is -2.60. The van der Waals surface area contributed by atoms with Gasteiger partial charge in [0.25, 0.3) is 5.91 Å². The minimum Gasteiger partial charge on any atom is -0.454 e. The van der Waals surface area contributed by atoms with Gasteiger partial charge >= 0.3 is 0 Å². The SMILES string of the molecule is CO[C@@H]1CSC2(C1)CN(C(=O)c1ccc3c(c1)OCO3)C2. The topological polar surface area (TPSA) is 48.0 Å². The Labute approximate surface area is 127 Å². The quantitative estimate of drug-likeness (QED) is 0.833. The van der Waals surface area contributed by atoms with Crippen LogP contribution in [0.25, 0.3) is 0 Å². The zero-order chi connectivity index (χ0) is 14.4. The van der Waals surface area contributed by atoms with Crippen molar-refractivity contribution in [3.8, 4) is 11.5 Å². The molecule has 0 unspecified atom stereocenters. The lowest BCUT2D eigenvalue weighted by atomic mass is 9.92. The van der Waals surface area contributed by atoms with E-state index in [4.69, 9.17) is 14.2 Å². The summed E-state index contributed by atoms with van der Waals surface area (Å²) in [7, 11) is 1.76. The first kappa shape index (κ1) is 13.3. The molecule has 0 bridgehead atoms. The van der Waals surface area contributed by atoms with Gasteiger partial charge in [-0.25, -0.2) is 0 Å². The third kappa shape index (κ3) is 2.17. The van der Waals surface area contributed by atoms with E-state index in [1.165, 1.54) is 0 Å². The molecule has 21 heavy (non-hydrogen) atoms. The number of ether oxygens (including phenoxy) is 3. The van der Waals surface area contributed by atoms with Crippen LogP contribution in [0.1, 0.15) is 16.8 Å². The van der Waals surface area contributed by atoms with Gasteiger partial charge in [-0.3, -0.25) is 4.79 Å². The zero-order valence-corrected chi connectivity index (χ0v) is 12.6. The van der Waals surface area contributed by atoms with Crippen LogP contribution in [0.2, 0.25) is 0 Å². The molecule has 0 N–H and O–H groups in total. The van der Waals surface area contributed by atoms with Gasteiger partial charge < -0.3 is 19.1 Å². The fourth-order valence-corrected chi connectivity index (χ4v) is 4.77. The molecule has 2 fully saturated rings. The van der Waals surface area contributed by atoms with Crippen LogP contribution in [0.3, 0.4) is 0 Å². The van der Waals surface area contributed by atoms with Crippen LogP contribution >= 0.6 is 11.8 Å². The summed E-state index contributed by atoms with van der Waals surface area (Å²) in [6.45, 7) is 1.85. The minimum absolute atomic E-state index is 0.0698. The summed E-state index contributed by atoms with van der Waals surface area (Å²) in [4.78, 5) is 14.4. The van der Waals surface area contributed by atoms with Crippen LogP contribution in [0, 0.1) is 0 Å². The number of thioether (sulfide) groups is 1. The normalized spacial score (nSPS) is 25.2. The van der Waals surface area contributed by atoms with E-state index in [2.05, 4.69) is 0 Å². The van der Waals surface area contributed by atoms with E-state index in [0.29, 0.717) is 23.2 Å². The van der Waals surface area contributed by atoms with Gasteiger partial charge in [0, 0.05) is 31.5 Å². The van der Waals surface area contributed by atoms with Crippen molar-refractivity contribution in [1.82, 2.24) is 4.90 Å². The van der Waals surface area contributed by atoms with Gasteiger partial charge in [0.05, 0.1) is 10.9 Å². The van der Waals surface area contributed by atoms with Crippen molar-refractivity contribution < 1.29 is 19.0 Å². The highest BCUT2D eigenvalue weighted by Crippen LogP contribution is 2.46. The highest BCUT2D eigenvalue weighted by Gasteiger charge is 2.50. The fraction of sp³-hybridized carbons (Fsp3) is 0.533. The van der Waals surface area contributed by atoms with Gasteiger partial charge in [-0.05, 0) is 24.6 Å². The Hall–Kier alpha value is -1.40. The third-order valence-electron chi connectivity index (χ3n) is 4.37. The van der Waals surface area contributed by atoms with E-state index in [0.717, 1.165) is 25.3 Å². The molecule has 1 aromatic rings. The van der Waals surface area contributed by atoms with Gasteiger partial charge in [0.1, 0.15) is 0 Å². The third-order valence-corrected chi connectivity index (χ3v) is 5.95. The van der Waals surface area contributed by atoms with Crippen molar-refractivity contribution in [3.63, 3.8) is 0 Å². The molecular weight excluding hydrogens is 290 g/mol. The van der Waals surface area contributed by atoms with E-state index in [1.807, 2.05) is 16.7 Å². The fourth-order valence-electron chi connectivity index (χ4n) is 3.18. The molecule has 5 nitrogen and oxygen atoms in total. The molecule has 1 aromatic carbocycles. The number of carbonyl (C=O) groups excluding carboxylic acids is 1. The molecule has 3 aliphatic rings. The first-order chi connectivity index (χ1) is 10.2. The smallest absolute Gasteiger partial charge is 0.254 e. The summed E-state index contributed by atoms with van der Waals surface area (Å²) in [5, 5.41) is 0. The Bertz CT molecular complexity index is 585. The highest BCUT2D eigenvalue weighted by atomic mass is 32.2. The summed E-state index contributed by atoms with van der Waals surface area (Å²) in [5.41, 5.74) is 0.667. The molecule has 4 rings (SSSR count). The standard InChI is InChI=1S/C15H17NO4S/c1-18-11-5-15(21-6-11)7-16(8-15)14(17)10-2-3-12-13(4-10)20-9-19-12/h2-4,11H,5-9H2,1H3/t11-/m0/s1. The van der Waals surface area contributed by atoms with E-state index in [1.54, 1.807) is 25.3 Å². The summed E-state index contributed by atoms with van der Waals surface area (Å²) in [5.74, 6) is 2.47. The van der Waals surface area contributed by atoms with Gasteiger partial charge in [0.15, 0.2) is 11.5 Å². The largest absolute Gasteiger partial charge is 0.454 e. The van der Waals surface area contributed by atoms with E-state index >= 15 is 0 Å². The van der Waals surface area contributed by atoms with Gasteiger partial charge in [0.2, 0.25) is 6.79 Å². The predicted molar refractivity (Wildman–Crippen MR) is 79.1 cm³/mol. The molecule has 0 aliphatic carbocycles. The highest BCUT2D eigenvalue weighted by molar-refractivity contribution is 8.01. The van der Waals surface area contributed by atoms with Crippen molar-refractivity contribution >= 4 is 17.7 Å². The number of rotatable bonds is 2. The number of hydrogen-bond donors (Lipinski definition) is 0. The maximum atomic E-state index is 12.5. The molecule has 0 radical (unpaired) electrons. The zero-order valence-electron chi connectivity index (χ0n) is 11.8. The average molecular weight is 307 g/mol. The van der Waals surface area contributed by atoms with Crippen LogP contribution in [0.5, 0.6) is 11.5 Å². The molecule has 1 atom stereocenters. The lowest BCUT2D eigenvalue weighted by molar-refractivity contribution is 0.0451. The number of carbonyl (C=O) groups is 1. The summed E-state index contributed by atoms with van der Waals surface area (Å²) >= 11 is 1.94. The molecule has 1 spiro atoms. The van der Waals surface area contributed by atoms with Crippen molar-refractivity contribution in [3.05, 3.63) is 23.8 Å². The predicted octanol–water partition coefficient (Wildman–Crippen LogP) is 1.76. The first-order valence-corrected chi connectivity index (χ1v) is 8.03. The van der Waals surface area contributed by atoms with Crippen molar-refractivity contribution in [1.29, 1.82) is 0 Å².